The lowest BCUT2D eigenvalue weighted by Crippen LogP contribution is -2.30. The van der Waals surface area contributed by atoms with E-state index in [4.69, 9.17) is 23.2 Å². The van der Waals surface area contributed by atoms with Crippen LogP contribution in [0, 0.1) is 0 Å². The van der Waals surface area contributed by atoms with Gasteiger partial charge >= 0.3 is 0 Å². The van der Waals surface area contributed by atoms with Crippen LogP contribution in [0.4, 0.5) is 5.69 Å². The maximum absolute atomic E-state index is 12.5. The van der Waals surface area contributed by atoms with Gasteiger partial charge in [0.05, 0.1) is 10.0 Å². The van der Waals surface area contributed by atoms with Gasteiger partial charge in [-0.25, -0.2) is 8.42 Å². The molecule has 2 aromatic carbocycles. The standard InChI is InChI=1S/C17H18Cl2N2O3S/c1-3-21(4-2)17(22)12-8-10-13(11-9-12)20-25(23,24)15-7-5-6-14(18)16(15)19/h5-11,20H,3-4H2,1-2H3. The third kappa shape index (κ3) is 4.45. The van der Waals surface area contributed by atoms with Gasteiger partial charge in [0.2, 0.25) is 0 Å². The first-order valence-electron chi connectivity index (χ1n) is 7.66. The number of carbonyl (C=O) groups is 1. The van der Waals surface area contributed by atoms with E-state index in [2.05, 4.69) is 4.72 Å². The van der Waals surface area contributed by atoms with Gasteiger partial charge in [-0.2, -0.15) is 0 Å². The molecule has 25 heavy (non-hydrogen) atoms. The van der Waals surface area contributed by atoms with Crippen LogP contribution < -0.4 is 4.72 Å². The maximum atomic E-state index is 12.5. The summed E-state index contributed by atoms with van der Waals surface area (Å²) in [5.41, 5.74) is 0.819. The second-order valence-electron chi connectivity index (χ2n) is 5.21. The summed E-state index contributed by atoms with van der Waals surface area (Å²) in [6.45, 7) is 5.02. The minimum Gasteiger partial charge on any atom is -0.339 e. The van der Waals surface area contributed by atoms with Crippen molar-refractivity contribution in [2.75, 3.05) is 17.8 Å². The van der Waals surface area contributed by atoms with Gasteiger partial charge in [0.25, 0.3) is 15.9 Å². The third-order valence-electron chi connectivity index (χ3n) is 3.64. The van der Waals surface area contributed by atoms with Crippen LogP contribution in [0.3, 0.4) is 0 Å². The Kier molecular flexibility index (Phi) is 6.32. The normalized spacial score (nSPS) is 11.2. The Balaban J connectivity index is 2.23. The lowest BCUT2D eigenvalue weighted by molar-refractivity contribution is 0.0773. The van der Waals surface area contributed by atoms with Crippen molar-refractivity contribution in [3.8, 4) is 0 Å². The topological polar surface area (TPSA) is 66.5 Å². The molecule has 2 rings (SSSR count). The quantitative estimate of drug-likeness (QED) is 0.786. The van der Waals surface area contributed by atoms with E-state index in [0.717, 1.165) is 0 Å². The zero-order chi connectivity index (χ0) is 18.6. The summed E-state index contributed by atoms with van der Waals surface area (Å²) >= 11 is 11.8. The monoisotopic (exact) mass is 400 g/mol. The zero-order valence-electron chi connectivity index (χ0n) is 13.8. The Labute approximate surface area is 157 Å². The molecule has 0 unspecified atom stereocenters. The number of nitrogens with zero attached hydrogens (tertiary/aromatic N) is 1. The lowest BCUT2D eigenvalue weighted by atomic mass is 10.2. The Bertz CT molecular complexity index is 864. The molecule has 0 atom stereocenters. The van der Waals surface area contributed by atoms with E-state index >= 15 is 0 Å². The van der Waals surface area contributed by atoms with Crippen LogP contribution >= 0.6 is 23.2 Å². The number of nitrogens with one attached hydrogen (secondary N) is 1. The zero-order valence-corrected chi connectivity index (χ0v) is 16.1. The van der Waals surface area contributed by atoms with Gasteiger partial charge in [0.15, 0.2) is 0 Å². The summed E-state index contributed by atoms with van der Waals surface area (Å²) in [6.07, 6.45) is 0. The average molecular weight is 401 g/mol. The molecular weight excluding hydrogens is 383 g/mol. The molecule has 0 spiro atoms. The number of benzene rings is 2. The number of hydrogen-bond donors (Lipinski definition) is 1. The Hall–Kier alpha value is -1.76. The van der Waals surface area contributed by atoms with Crippen LogP contribution in [0.2, 0.25) is 10.0 Å². The molecular formula is C17H18Cl2N2O3S. The smallest absolute Gasteiger partial charge is 0.263 e. The van der Waals surface area contributed by atoms with Crippen LogP contribution in [0.15, 0.2) is 47.4 Å². The van der Waals surface area contributed by atoms with Crippen molar-refractivity contribution in [3.05, 3.63) is 58.1 Å². The molecule has 1 amide bonds. The van der Waals surface area contributed by atoms with Crippen molar-refractivity contribution in [1.29, 1.82) is 0 Å². The van der Waals surface area contributed by atoms with E-state index < -0.39 is 10.0 Å². The van der Waals surface area contributed by atoms with Gasteiger partial charge in [0, 0.05) is 24.3 Å². The van der Waals surface area contributed by atoms with Crippen LogP contribution in [-0.2, 0) is 10.0 Å². The van der Waals surface area contributed by atoms with Crippen molar-refractivity contribution in [2.24, 2.45) is 0 Å². The van der Waals surface area contributed by atoms with Crippen molar-refractivity contribution < 1.29 is 13.2 Å². The summed E-state index contributed by atoms with van der Waals surface area (Å²) in [4.78, 5) is 13.8. The molecule has 8 heteroatoms. The van der Waals surface area contributed by atoms with E-state index in [0.29, 0.717) is 24.3 Å². The van der Waals surface area contributed by atoms with Crippen LogP contribution in [0.5, 0.6) is 0 Å². The van der Waals surface area contributed by atoms with Crippen molar-refractivity contribution in [2.45, 2.75) is 18.7 Å². The van der Waals surface area contributed by atoms with Crippen molar-refractivity contribution >= 4 is 44.8 Å². The SMILES string of the molecule is CCN(CC)C(=O)c1ccc(NS(=O)(=O)c2cccc(Cl)c2Cl)cc1. The van der Waals surface area contributed by atoms with Gasteiger partial charge in [-0.05, 0) is 50.2 Å². The van der Waals surface area contributed by atoms with E-state index in [1.54, 1.807) is 17.0 Å². The molecule has 0 aliphatic carbocycles. The van der Waals surface area contributed by atoms with Gasteiger partial charge in [-0.1, -0.05) is 29.3 Å². The van der Waals surface area contributed by atoms with Crippen molar-refractivity contribution in [3.63, 3.8) is 0 Å². The van der Waals surface area contributed by atoms with Gasteiger partial charge < -0.3 is 4.90 Å². The Morgan fingerprint density at radius 1 is 1.04 bits per heavy atom. The predicted octanol–water partition coefficient (Wildman–Crippen LogP) is 4.28. The van der Waals surface area contributed by atoms with Gasteiger partial charge in [0.1, 0.15) is 4.90 Å². The maximum Gasteiger partial charge on any atom is 0.263 e. The second kappa shape index (κ2) is 8.08. The number of hydrogen-bond acceptors (Lipinski definition) is 3. The van der Waals surface area contributed by atoms with Crippen LogP contribution in [0.25, 0.3) is 0 Å². The average Bonchev–Trinajstić information content (AvgIpc) is 2.58. The predicted molar refractivity (Wildman–Crippen MR) is 101 cm³/mol. The summed E-state index contributed by atoms with van der Waals surface area (Å²) in [5.74, 6) is -0.0997. The minimum absolute atomic E-state index is 0.0370. The first kappa shape index (κ1) is 19.6. The highest BCUT2D eigenvalue weighted by Crippen LogP contribution is 2.30. The van der Waals surface area contributed by atoms with Crippen LogP contribution in [0.1, 0.15) is 24.2 Å². The Morgan fingerprint density at radius 2 is 1.64 bits per heavy atom. The molecule has 0 saturated heterocycles. The Morgan fingerprint density at radius 3 is 2.20 bits per heavy atom. The highest BCUT2D eigenvalue weighted by molar-refractivity contribution is 7.92. The summed E-state index contributed by atoms with van der Waals surface area (Å²) in [7, 11) is -3.89. The third-order valence-corrected chi connectivity index (χ3v) is 6.00. The largest absolute Gasteiger partial charge is 0.339 e. The van der Waals surface area contributed by atoms with E-state index in [1.807, 2.05) is 13.8 Å². The molecule has 134 valence electrons. The molecule has 0 radical (unpaired) electrons. The molecule has 2 aromatic rings. The first-order chi connectivity index (χ1) is 11.8. The number of carbonyl (C=O) groups excluding carboxylic acids is 1. The fraction of sp³-hybridized carbons (Fsp3) is 0.235. The van der Waals surface area contributed by atoms with Crippen LogP contribution in [-0.4, -0.2) is 32.3 Å². The van der Waals surface area contributed by atoms with Gasteiger partial charge in [-0.3, -0.25) is 9.52 Å². The highest BCUT2D eigenvalue weighted by Gasteiger charge is 2.20. The van der Waals surface area contributed by atoms with E-state index in [-0.39, 0.29) is 20.8 Å². The molecule has 0 aliphatic heterocycles. The fourth-order valence-corrected chi connectivity index (χ4v) is 4.10. The number of amides is 1. The minimum atomic E-state index is -3.89. The molecule has 5 nitrogen and oxygen atoms in total. The first-order valence-corrected chi connectivity index (χ1v) is 9.90. The van der Waals surface area contributed by atoms with Gasteiger partial charge in [-0.15, -0.1) is 0 Å². The molecule has 0 aliphatic rings. The van der Waals surface area contributed by atoms with E-state index in [9.17, 15) is 13.2 Å². The lowest BCUT2D eigenvalue weighted by Gasteiger charge is -2.18. The number of halogens is 2. The number of sulfonamides is 1. The molecule has 0 fully saturated rings. The molecule has 0 heterocycles. The number of rotatable bonds is 6. The summed E-state index contributed by atoms with van der Waals surface area (Å²) in [6, 6.07) is 10.6. The summed E-state index contributed by atoms with van der Waals surface area (Å²) < 4.78 is 27.4. The van der Waals surface area contributed by atoms with E-state index in [1.165, 1.54) is 30.3 Å². The van der Waals surface area contributed by atoms with Crippen molar-refractivity contribution in [1.82, 2.24) is 4.90 Å². The fourth-order valence-electron chi connectivity index (χ4n) is 2.28. The second-order valence-corrected chi connectivity index (χ2v) is 7.65. The molecule has 0 saturated carbocycles. The summed E-state index contributed by atoms with van der Waals surface area (Å²) in [5, 5.41) is 0.120. The molecule has 0 aromatic heterocycles. The molecule has 1 N–H and O–H groups in total. The highest BCUT2D eigenvalue weighted by atomic mass is 35.5. The number of anilines is 1. The molecule has 0 bridgehead atoms.